The van der Waals surface area contributed by atoms with Crippen LogP contribution in [0.1, 0.15) is 42.5 Å². The molecular formula is C26H29ClN4. The third-order valence-electron chi connectivity index (χ3n) is 6.48. The van der Waals surface area contributed by atoms with Crippen molar-refractivity contribution < 1.29 is 0 Å². The number of hydrogen-bond acceptors (Lipinski definition) is 3. The minimum atomic E-state index is 0.542. The highest BCUT2D eigenvalue weighted by Gasteiger charge is 2.28. The molecular weight excluding hydrogens is 404 g/mol. The van der Waals surface area contributed by atoms with Gasteiger partial charge < -0.3 is 15.2 Å². The number of nitrogens with zero attached hydrogens (tertiary/aromatic N) is 2. The molecule has 31 heavy (non-hydrogen) atoms. The molecule has 0 atom stereocenters. The Hall–Kier alpha value is -2.56. The van der Waals surface area contributed by atoms with Crippen molar-refractivity contribution in [2.45, 2.75) is 39.2 Å². The second kappa shape index (κ2) is 8.89. The molecule has 0 bridgehead atoms. The summed E-state index contributed by atoms with van der Waals surface area (Å²) < 4.78 is 2.18. The number of benzene rings is 1. The standard InChI is InChI=1S/C26H29ClN4/c1-18-16-31(17-30-18)13-3-5-20-14-21-4-2-10-29-26(21)25(19-8-11-28-12-9-19)23-7-6-22(27)15-24(20)23/h2,4,6-7,10,14-17,19,28-29H,3,5,8-9,11-13H2,1H3. The first-order chi connectivity index (χ1) is 15.2. The zero-order valence-corrected chi connectivity index (χ0v) is 18.8. The summed E-state index contributed by atoms with van der Waals surface area (Å²) in [4.78, 5) is 4.35. The fraction of sp³-hybridized carbons (Fsp3) is 0.346. The molecule has 0 unspecified atom stereocenters. The minimum Gasteiger partial charge on any atom is -0.361 e. The maximum Gasteiger partial charge on any atom is 0.0949 e. The predicted octanol–water partition coefficient (Wildman–Crippen LogP) is 5.48. The summed E-state index contributed by atoms with van der Waals surface area (Å²) in [5, 5.41) is 7.91. The Kier molecular flexibility index (Phi) is 5.84. The lowest BCUT2D eigenvalue weighted by Gasteiger charge is -2.29. The Morgan fingerprint density at radius 1 is 1.19 bits per heavy atom. The van der Waals surface area contributed by atoms with Crippen LogP contribution in [0.2, 0.25) is 5.02 Å². The number of aryl methyl sites for hydroxylation is 2. The fourth-order valence-electron chi connectivity index (χ4n) is 5.01. The van der Waals surface area contributed by atoms with Crippen LogP contribution in [0.25, 0.3) is 11.1 Å². The van der Waals surface area contributed by atoms with Gasteiger partial charge in [0.15, 0.2) is 0 Å². The van der Waals surface area contributed by atoms with E-state index in [1.54, 1.807) is 0 Å². The van der Waals surface area contributed by atoms with Gasteiger partial charge >= 0.3 is 0 Å². The predicted molar refractivity (Wildman–Crippen MR) is 128 cm³/mol. The number of allylic oxidation sites excluding steroid dienone is 5. The molecule has 0 radical (unpaired) electrons. The maximum absolute atomic E-state index is 6.51. The Bertz CT molecular complexity index is 1100. The number of imidazole rings is 1. The molecule has 5 heteroatoms. The first kappa shape index (κ1) is 20.3. The van der Waals surface area contributed by atoms with Crippen LogP contribution in [-0.2, 0) is 6.54 Å². The van der Waals surface area contributed by atoms with Crippen LogP contribution >= 0.6 is 11.6 Å². The molecule has 4 nitrogen and oxygen atoms in total. The molecule has 1 fully saturated rings. The van der Waals surface area contributed by atoms with Gasteiger partial charge in [0.25, 0.3) is 0 Å². The molecule has 3 heterocycles. The van der Waals surface area contributed by atoms with Gasteiger partial charge in [-0.15, -0.1) is 0 Å². The molecule has 1 aromatic heterocycles. The van der Waals surface area contributed by atoms with E-state index in [1.165, 1.54) is 33.5 Å². The van der Waals surface area contributed by atoms with Crippen molar-refractivity contribution in [2.24, 2.45) is 5.92 Å². The molecule has 3 aliphatic rings. The molecule has 0 saturated carbocycles. The quantitative estimate of drug-likeness (QED) is 0.657. The Morgan fingerprint density at radius 2 is 2.06 bits per heavy atom. The number of dihydropyridines is 1. The number of nitrogens with one attached hydrogen (secondary N) is 2. The van der Waals surface area contributed by atoms with Crippen LogP contribution in [0.5, 0.6) is 0 Å². The van der Waals surface area contributed by atoms with E-state index in [2.05, 4.69) is 62.9 Å². The number of fused-ring (bicyclic) bond motifs is 2. The van der Waals surface area contributed by atoms with Crippen molar-refractivity contribution in [3.8, 4) is 0 Å². The van der Waals surface area contributed by atoms with Gasteiger partial charge in [0.1, 0.15) is 0 Å². The van der Waals surface area contributed by atoms with Gasteiger partial charge in [-0.1, -0.05) is 23.7 Å². The van der Waals surface area contributed by atoms with E-state index in [9.17, 15) is 0 Å². The zero-order valence-electron chi connectivity index (χ0n) is 18.0. The number of hydrogen-bond donors (Lipinski definition) is 2. The first-order valence-corrected chi connectivity index (χ1v) is 11.6. The molecule has 1 aromatic carbocycles. The number of aromatic nitrogens is 2. The monoisotopic (exact) mass is 432 g/mol. The molecule has 160 valence electrons. The number of rotatable bonds is 5. The van der Waals surface area contributed by atoms with E-state index in [0.29, 0.717) is 5.92 Å². The van der Waals surface area contributed by atoms with Crippen LogP contribution in [0, 0.1) is 12.8 Å². The van der Waals surface area contributed by atoms with E-state index in [4.69, 9.17) is 11.6 Å². The average Bonchev–Trinajstić information content (AvgIpc) is 3.15. The summed E-state index contributed by atoms with van der Waals surface area (Å²) in [6, 6.07) is 6.44. The van der Waals surface area contributed by atoms with Gasteiger partial charge in [-0.2, -0.15) is 0 Å². The lowest BCUT2D eigenvalue weighted by Crippen LogP contribution is -2.29. The maximum atomic E-state index is 6.51. The van der Waals surface area contributed by atoms with Gasteiger partial charge in [-0.05, 0) is 104 Å². The van der Waals surface area contributed by atoms with Gasteiger partial charge in [0.2, 0.25) is 0 Å². The van der Waals surface area contributed by atoms with Crippen LogP contribution in [0.15, 0.2) is 66.4 Å². The van der Waals surface area contributed by atoms with Gasteiger partial charge in [-0.3, -0.25) is 0 Å². The number of piperidine rings is 1. The number of halogens is 1. The largest absolute Gasteiger partial charge is 0.361 e. The Balaban J connectivity index is 1.53. The molecule has 2 aromatic rings. The third kappa shape index (κ3) is 4.28. The summed E-state index contributed by atoms with van der Waals surface area (Å²) in [6.45, 7) is 5.15. The SMILES string of the molecule is Cc1cn(CCCC2=CC3=CC=CNC3=C(C3CCNCC3)c3ccc(Cl)cc32)cn1. The van der Waals surface area contributed by atoms with Crippen LogP contribution in [-0.4, -0.2) is 22.6 Å². The lowest BCUT2D eigenvalue weighted by atomic mass is 9.81. The van der Waals surface area contributed by atoms with E-state index in [-0.39, 0.29) is 0 Å². The summed E-state index contributed by atoms with van der Waals surface area (Å²) in [7, 11) is 0. The topological polar surface area (TPSA) is 41.9 Å². The van der Waals surface area contributed by atoms with E-state index >= 15 is 0 Å². The highest BCUT2D eigenvalue weighted by Crippen LogP contribution is 2.43. The molecule has 0 amide bonds. The minimum absolute atomic E-state index is 0.542. The molecule has 0 spiro atoms. The van der Waals surface area contributed by atoms with Crippen LogP contribution in [0.4, 0.5) is 0 Å². The average molecular weight is 433 g/mol. The van der Waals surface area contributed by atoms with E-state index < -0.39 is 0 Å². The van der Waals surface area contributed by atoms with Crippen LogP contribution < -0.4 is 10.6 Å². The van der Waals surface area contributed by atoms with Crippen molar-refractivity contribution in [3.05, 3.63) is 88.3 Å². The summed E-state index contributed by atoms with van der Waals surface area (Å²) in [5.41, 5.74) is 9.03. The fourth-order valence-corrected chi connectivity index (χ4v) is 5.18. The second-order valence-electron chi connectivity index (χ2n) is 8.65. The Morgan fingerprint density at radius 3 is 2.87 bits per heavy atom. The highest BCUT2D eigenvalue weighted by molar-refractivity contribution is 6.30. The lowest BCUT2D eigenvalue weighted by molar-refractivity contribution is 0.445. The van der Waals surface area contributed by atoms with Crippen molar-refractivity contribution in [2.75, 3.05) is 13.1 Å². The molecule has 2 aliphatic heterocycles. The van der Waals surface area contributed by atoms with E-state index in [0.717, 1.165) is 56.0 Å². The molecule has 1 aliphatic carbocycles. The van der Waals surface area contributed by atoms with Gasteiger partial charge in [0, 0.05) is 29.7 Å². The van der Waals surface area contributed by atoms with Gasteiger partial charge in [-0.25, -0.2) is 4.98 Å². The van der Waals surface area contributed by atoms with Crippen molar-refractivity contribution >= 4 is 22.7 Å². The Labute approximate surface area is 189 Å². The first-order valence-electron chi connectivity index (χ1n) is 11.3. The molecule has 5 rings (SSSR count). The second-order valence-corrected chi connectivity index (χ2v) is 9.09. The zero-order chi connectivity index (χ0) is 21.2. The van der Waals surface area contributed by atoms with E-state index in [1.807, 2.05) is 19.3 Å². The molecule has 2 N–H and O–H groups in total. The summed E-state index contributed by atoms with van der Waals surface area (Å²) in [5.74, 6) is 0.542. The molecule has 1 saturated heterocycles. The van der Waals surface area contributed by atoms with Crippen LogP contribution in [0.3, 0.4) is 0 Å². The highest BCUT2D eigenvalue weighted by atomic mass is 35.5. The van der Waals surface area contributed by atoms with Crippen molar-refractivity contribution in [1.82, 2.24) is 20.2 Å². The van der Waals surface area contributed by atoms with Gasteiger partial charge in [0.05, 0.1) is 12.0 Å². The third-order valence-corrected chi connectivity index (χ3v) is 6.71. The smallest absolute Gasteiger partial charge is 0.0949 e. The summed E-state index contributed by atoms with van der Waals surface area (Å²) >= 11 is 6.51. The van der Waals surface area contributed by atoms with Crippen molar-refractivity contribution in [3.63, 3.8) is 0 Å². The normalized spacial score (nSPS) is 18.6. The van der Waals surface area contributed by atoms with Crippen molar-refractivity contribution in [1.29, 1.82) is 0 Å². The summed E-state index contributed by atoms with van der Waals surface area (Å²) in [6.07, 6.45) is 17.2.